The second-order valence-corrected chi connectivity index (χ2v) is 4.59. The monoisotopic (exact) mass is 295 g/mol. The molecule has 0 saturated heterocycles. The molecular weight excluding hydrogens is 282 g/mol. The van der Waals surface area contributed by atoms with Gasteiger partial charge in [0.25, 0.3) is 0 Å². The topological polar surface area (TPSA) is 55.6 Å². The summed E-state index contributed by atoms with van der Waals surface area (Å²) in [4.78, 5) is 4.18. The summed E-state index contributed by atoms with van der Waals surface area (Å²) in [6.07, 6.45) is 3.66. The highest BCUT2D eigenvalue weighted by Crippen LogP contribution is 2.27. The van der Waals surface area contributed by atoms with Crippen molar-refractivity contribution in [2.45, 2.75) is 13.0 Å². The molecule has 0 saturated carbocycles. The van der Waals surface area contributed by atoms with Gasteiger partial charge in [0.1, 0.15) is 0 Å². The first kappa shape index (κ1) is 12.2. The van der Waals surface area contributed by atoms with Crippen LogP contribution in [0, 0.1) is 6.92 Å². The van der Waals surface area contributed by atoms with Gasteiger partial charge in [0.2, 0.25) is 0 Å². The third-order valence-corrected chi connectivity index (χ3v) is 3.34. The molecule has 2 heterocycles. The zero-order valence-electron chi connectivity index (χ0n) is 9.98. The van der Waals surface area contributed by atoms with Crippen molar-refractivity contribution in [1.29, 1.82) is 0 Å². The molecule has 0 aromatic carbocycles. The zero-order chi connectivity index (χ0) is 12.4. The molecule has 1 unspecified atom stereocenters. The first-order chi connectivity index (χ1) is 8.15. The van der Waals surface area contributed by atoms with E-state index < -0.39 is 0 Å². The van der Waals surface area contributed by atoms with Crippen LogP contribution < -0.4 is 5.32 Å². The van der Waals surface area contributed by atoms with Crippen LogP contribution in [-0.4, -0.2) is 27.0 Å². The highest BCUT2D eigenvalue weighted by molar-refractivity contribution is 9.10. The number of hydrogen-bond acceptors (Lipinski definition) is 4. The lowest BCUT2D eigenvalue weighted by Crippen LogP contribution is -2.22. The fourth-order valence-electron chi connectivity index (χ4n) is 1.86. The summed E-state index contributed by atoms with van der Waals surface area (Å²) in [5, 5.41) is 11.3. The molecule has 2 aromatic rings. The van der Waals surface area contributed by atoms with Gasteiger partial charge in [-0.3, -0.25) is 4.98 Å². The van der Waals surface area contributed by atoms with E-state index in [0.717, 1.165) is 15.9 Å². The van der Waals surface area contributed by atoms with Gasteiger partial charge in [-0.15, -0.1) is 5.10 Å². The molecular formula is C11H14BrN5. The van der Waals surface area contributed by atoms with E-state index in [9.17, 15) is 0 Å². The minimum Gasteiger partial charge on any atom is -0.308 e. The van der Waals surface area contributed by atoms with Gasteiger partial charge in [-0.1, -0.05) is 5.21 Å². The number of halogens is 1. The number of nitrogens with one attached hydrogen (secondary N) is 1. The second kappa shape index (κ2) is 4.93. The van der Waals surface area contributed by atoms with Gasteiger partial charge in [0, 0.05) is 19.4 Å². The Hall–Kier alpha value is -1.27. The van der Waals surface area contributed by atoms with Crippen LogP contribution in [0.2, 0.25) is 0 Å². The molecule has 0 spiro atoms. The number of nitrogens with zero attached hydrogens (tertiary/aromatic N) is 4. The predicted molar refractivity (Wildman–Crippen MR) is 68.6 cm³/mol. The lowest BCUT2D eigenvalue weighted by Gasteiger charge is -2.18. The molecule has 0 fully saturated rings. The Labute approximate surface area is 108 Å². The van der Waals surface area contributed by atoms with Crippen LogP contribution in [0.15, 0.2) is 23.1 Å². The van der Waals surface area contributed by atoms with E-state index in [1.807, 2.05) is 26.4 Å². The molecule has 0 bridgehead atoms. The van der Waals surface area contributed by atoms with Crippen LogP contribution >= 0.6 is 15.9 Å². The summed E-state index contributed by atoms with van der Waals surface area (Å²) in [5.74, 6) is 0. The van der Waals surface area contributed by atoms with E-state index in [2.05, 4.69) is 43.5 Å². The van der Waals surface area contributed by atoms with Crippen molar-refractivity contribution in [1.82, 2.24) is 25.3 Å². The van der Waals surface area contributed by atoms with Crippen molar-refractivity contribution < 1.29 is 0 Å². The van der Waals surface area contributed by atoms with E-state index in [4.69, 9.17) is 0 Å². The lowest BCUT2D eigenvalue weighted by atomic mass is 10.0. The maximum absolute atomic E-state index is 4.18. The molecule has 0 aliphatic heterocycles. The van der Waals surface area contributed by atoms with Crippen LogP contribution in [0.3, 0.4) is 0 Å². The Morgan fingerprint density at radius 3 is 2.76 bits per heavy atom. The van der Waals surface area contributed by atoms with Crippen molar-refractivity contribution in [2.75, 3.05) is 7.05 Å². The average Bonchev–Trinajstić information content (AvgIpc) is 2.64. The Balaban J connectivity index is 2.52. The largest absolute Gasteiger partial charge is 0.308 e. The summed E-state index contributed by atoms with van der Waals surface area (Å²) in [7, 11) is 3.79. The smallest absolute Gasteiger partial charge is 0.153 e. The van der Waals surface area contributed by atoms with E-state index in [0.29, 0.717) is 0 Å². The summed E-state index contributed by atoms with van der Waals surface area (Å²) in [6, 6.07) is 2.02. The third-order valence-electron chi connectivity index (χ3n) is 2.78. The van der Waals surface area contributed by atoms with Gasteiger partial charge in [0.05, 0.1) is 11.7 Å². The van der Waals surface area contributed by atoms with Gasteiger partial charge in [-0.2, -0.15) is 0 Å². The summed E-state index contributed by atoms with van der Waals surface area (Å²) in [5.41, 5.74) is 3.30. The van der Waals surface area contributed by atoms with Crippen LogP contribution in [0.1, 0.15) is 22.9 Å². The molecule has 1 N–H and O–H groups in total. The van der Waals surface area contributed by atoms with E-state index >= 15 is 0 Å². The molecule has 0 aliphatic carbocycles. The van der Waals surface area contributed by atoms with Crippen LogP contribution in [0.25, 0.3) is 0 Å². The quantitative estimate of drug-likeness (QED) is 0.934. The molecule has 0 aliphatic rings. The normalized spacial score (nSPS) is 12.7. The maximum Gasteiger partial charge on any atom is 0.153 e. The Morgan fingerprint density at radius 2 is 2.24 bits per heavy atom. The van der Waals surface area contributed by atoms with E-state index in [-0.39, 0.29) is 6.04 Å². The van der Waals surface area contributed by atoms with E-state index in [1.165, 1.54) is 5.56 Å². The fraction of sp³-hybridized carbons (Fsp3) is 0.364. The van der Waals surface area contributed by atoms with Gasteiger partial charge >= 0.3 is 0 Å². The first-order valence-corrected chi connectivity index (χ1v) is 6.07. The summed E-state index contributed by atoms with van der Waals surface area (Å²) in [6.45, 7) is 2.07. The minimum atomic E-state index is 0.0260. The van der Waals surface area contributed by atoms with Crippen molar-refractivity contribution in [2.24, 2.45) is 7.05 Å². The molecule has 0 radical (unpaired) electrons. The van der Waals surface area contributed by atoms with Gasteiger partial charge in [-0.25, -0.2) is 4.68 Å². The predicted octanol–water partition coefficient (Wildman–Crippen LogP) is 1.59. The SMILES string of the molecule is CNC(c1cnccc1C)c1c(Br)nnn1C. The van der Waals surface area contributed by atoms with Crippen molar-refractivity contribution >= 4 is 15.9 Å². The summed E-state index contributed by atoms with van der Waals surface area (Å²) < 4.78 is 2.51. The number of hydrogen-bond donors (Lipinski definition) is 1. The van der Waals surface area contributed by atoms with Crippen LogP contribution in [-0.2, 0) is 7.05 Å². The molecule has 2 aromatic heterocycles. The highest BCUT2D eigenvalue weighted by Gasteiger charge is 2.21. The average molecular weight is 296 g/mol. The second-order valence-electron chi connectivity index (χ2n) is 3.84. The molecule has 2 rings (SSSR count). The number of rotatable bonds is 3. The maximum atomic E-state index is 4.18. The number of pyridine rings is 1. The first-order valence-electron chi connectivity index (χ1n) is 5.28. The molecule has 1 atom stereocenters. The Bertz CT molecular complexity index is 503. The zero-order valence-corrected chi connectivity index (χ0v) is 11.6. The van der Waals surface area contributed by atoms with E-state index in [1.54, 1.807) is 10.9 Å². The minimum absolute atomic E-state index is 0.0260. The third kappa shape index (κ3) is 2.23. The summed E-state index contributed by atoms with van der Waals surface area (Å²) >= 11 is 3.43. The number of aryl methyl sites for hydroxylation is 2. The standard InChI is InChI=1S/C11H14BrN5/c1-7-4-5-14-6-8(7)9(13-2)10-11(12)15-16-17(10)3/h4-6,9,13H,1-3H3. The Kier molecular flexibility index (Phi) is 3.54. The van der Waals surface area contributed by atoms with Crippen LogP contribution in [0.5, 0.6) is 0 Å². The molecule has 5 nitrogen and oxygen atoms in total. The molecule has 90 valence electrons. The highest BCUT2D eigenvalue weighted by atomic mass is 79.9. The van der Waals surface area contributed by atoms with Crippen molar-refractivity contribution in [3.8, 4) is 0 Å². The Morgan fingerprint density at radius 1 is 1.47 bits per heavy atom. The fourth-order valence-corrected chi connectivity index (χ4v) is 2.42. The van der Waals surface area contributed by atoms with Gasteiger partial charge in [-0.05, 0) is 47.1 Å². The molecule has 6 heteroatoms. The van der Waals surface area contributed by atoms with Crippen molar-refractivity contribution in [3.05, 3.63) is 39.9 Å². The molecule has 17 heavy (non-hydrogen) atoms. The molecule has 0 amide bonds. The van der Waals surface area contributed by atoms with Gasteiger partial charge in [0.15, 0.2) is 4.60 Å². The van der Waals surface area contributed by atoms with Gasteiger partial charge < -0.3 is 5.32 Å². The lowest BCUT2D eigenvalue weighted by molar-refractivity contribution is 0.593. The van der Waals surface area contributed by atoms with Crippen molar-refractivity contribution in [3.63, 3.8) is 0 Å². The van der Waals surface area contributed by atoms with Crippen LogP contribution in [0.4, 0.5) is 0 Å². The number of aromatic nitrogens is 4.